The fourth-order valence-corrected chi connectivity index (χ4v) is 3.38. The van der Waals surface area contributed by atoms with Crippen molar-refractivity contribution >= 4 is 17.4 Å². The minimum absolute atomic E-state index is 0.0555. The summed E-state index contributed by atoms with van der Waals surface area (Å²) in [5.41, 5.74) is 3.84. The molecule has 4 rings (SSSR count). The molecule has 0 unspecified atom stereocenters. The number of carbonyl (C=O) groups excluding carboxylic acids is 2. The molecule has 1 N–H and O–H groups in total. The van der Waals surface area contributed by atoms with Gasteiger partial charge in [-0.25, -0.2) is 0 Å². The molecule has 0 fully saturated rings. The lowest BCUT2D eigenvalue weighted by Gasteiger charge is -2.07. The van der Waals surface area contributed by atoms with Gasteiger partial charge in [-0.1, -0.05) is 18.2 Å². The molecule has 0 aliphatic heterocycles. The minimum Gasteiger partial charge on any atom is -0.486 e. The lowest BCUT2D eigenvalue weighted by Crippen LogP contribution is -2.11. The summed E-state index contributed by atoms with van der Waals surface area (Å²) in [5, 5.41) is 2.74. The van der Waals surface area contributed by atoms with Crippen LogP contribution in [0.5, 0.6) is 5.75 Å². The predicted octanol–water partition coefficient (Wildman–Crippen LogP) is 4.80. The third-order valence-electron chi connectivity index (χ3n) is 4.86. The number of amides is 1. The highest BCUT2D eigenvalue weighted by molar-refractivity contribution is 6.03. The van der Waals surface area contributed by atoms with Gasteiger partial charge in [-0.2, -0.15) is 0 Å². The zero-order valence-electron chi connectivity index (χ0n) is 15.7. The number of fused-ring (bicyclic) bond motifs is 1. The Balaban J connectivity index is 1.38. The second-order valence-corrected chi connectivity index (χ2v) is 6.93. The van der Waals surface area contributed by atoms with Gasteiger partial charge in [0.15, 0.2) is 11.5 Å². The molecule has 3 aromatic rings. The standard InChI is InChI=1S/C23H21NO4/c1-15(25)17-5-3-7-19(12-17)24-23(26)22-11-10-21(28-22)14-27-20-9-8-16-4-2-6-18(16)13-20/h3,5,7-13H,2,4,6,14H2,1H3,(H,24,26). The Bertz CT molecular complexity index is 1030. The molecule has 0 bridgehead atoms. The van der Waals surface area contributed by atoms with Crippen molar-refractivity contribution in [1.82, 2.24) is 0 Å². The van der Waals surface area contributed by atoms with Gasteiger partial charge in [0.05, 0.1) is 0 Å². The number of ketones is 1. The van der Waals surface area contributed by atoms with Gasteiger partial charge in [-0.15, -0.1) is 0 Å². The smallest absolute Gasteiger partial charge is 0.291 e. The fourth-order valence-electron chi connectivity index (χ4n) is 3.38. The van der Waals surface area contributed by atoms with E-state index in [1.54, 1.807) is 36.4 Å². The van der Waals surface area contributed by atoms with E-state index in [2.05, 4.69) is 17.4 Å². The van der Waals surface area contributed by atoms with Gasteiger partial charge in [-0.3, -0.25) is 9.59 Å². The highest BCUT2D eigenvalue weighted by Gasteiger charge is 2.14. The summed E-state index contributed by atoms with van der Waals surface area (Å²) >= 11 is 0. The molecule has 142 valence electrons. The molecular formula is C23H21NO4. The number of anilines is 1. The first-order chi connectivity index (χ1) is 13.6. The molecule has 0 radical (unpaired) electrons. The van der Waals surface area contributed by atoms with Crippen molar-refractivity contribution in [2.24, 2.45) is 0 Å². The SMILES string of the molecule is CC(=O)c1cccc(NC(=O)c2ccc(COc3ccc4c(c3)CCC4)o2)c1. The topological polar surface area (TPSA) is 68.5 Å². The predicted molar refractivity (Wildman–Crippen MR) is 106 cm³/mol. The van der Waals surface area contributed by atoms with Gasteiger partial charge in [0.2, 0.25) is 0 Å². The summed E-state index contributed by atoms with van der Waals surface area (Å²) in [6, 6.07) is 16.3. The average molecular weight is 375 g/mol. The van der Waals surface area contributed by atoms with Gasteiger partial charge >= 0.3 is 0 Å². The van der Waals surface area contributed by atoms with E-state index in [9.17, 15) is 9.59 Å². The van der Waals surface area contributed by atoms with Crippen molar-refractivity contribution in [2.75, 3.05) is 5.32 Å². The Kier molecular flexibility index (Phi) is 4.98. The Labute approximate surface area is 163 Å². The van der Waals surface area contributed by atoms with Crippen molar-refractivity contribution in [3.05, 3.63) is 82.8 Å². The van der Waals surface area contributed by atoms with Crippen LogP contribution < -0.4 is 10.1 Å². The van der Waals surface area contributed by atoms with Crippen molar-refractivity contribution in [1.29, 1.82) is 0 Å². The summed E-state index contributed by atoms with van der Waals surface area (Å²) in [5.74, 6) is 1.15. The van der Waals surface area contributed by atoms with E-state index < -0.39 is 0 Å². The molecule has 0 atom stereocenters. The monoisotopic (exact) mass is 375 g/mol. The van der Waals surface area contributed by atoms with Gasteiger partial charge in [0.25, 0.3) is 5.91 Å². The second kappa shape index (κ2) is 7.72. The summed E-state index contributed by atoms with van der Waals surface area (Å²) < 4.78 is 11.4. The Morgan fingerprint density at radius 2 is 1.89 bits per heavy atom. The lowest BCUT2D eigenvalue weighted by molar-refractivity contribution is 0.0988. The van der Waals surface area contributed by atoms with Crippen molar-refractivity contribution < 1.29 is 18.7 Å². The molecule has 0 saturated heterocycles. The van der Waals surface area contributed by atoms with Crippen LogP contribution >= 0.6 is 0 Å². The zero-order valence-corrected chi connectivity index (χ0v) is 15.7. The number of ether oxygens (including phenoxy) is 1. The van der Waals surface area contributed by atoms with Crippen molar-refractivity contribution in [2.45, 2.75) is 32.8 Å². The van der Waals surface area contributed by atoms with E-state index in [-0.39, 0.29) is 24.1 Å². The van der Waals surface area contributed by atoms with Gasteiger partial charge in [0.1, 0.15) is 18.1 Å². The molecule has 1 amide bonds. The molecule has 5 nitrogen and oxygen atoms in total. The largest absolute Gasteiger partial charge is 0.486 e. The molecule has 1 aliphatic carbocycles. The first-order valence-corrected chi connectivity index (χ1v) is 9.34. The Morgan fingerprint density at radius 3 is 2.75 bits per heavy atom. The molecule has 1 heterocycles. The van der Waals surface area contributed by atoms with Crippen molar-refractivity contribution in [3.63, 3.8) is 0 Å². The maximum atomic E-state index is 12.4. The minimum atomic E-state index is -0.371. The Morgan fingerprint density at radius 1 is 1.04 bits per heavy atom. The van der Waals surface area contributed by atoms with Crippen LogP contribution in [0, 0.1) is 0 Å². The lowest BCUT2D eigenvalue weighted by atomic mass is 10.1. The second-order valence-electron chi connectivity index (χ2n) is 6.93. The molecule has 2 aromatic carbocycles. The van der Waals surface area contributed by atoms with Crippen LogP contribution in [0.25, 0.3) is 0 Å². The molecule has 1 aromatic heterocycles. The van der Waals surface area contributed by atoms with E-state index in [4.69, 9.17) is 9.15 Å². The van der Waals surface area contributed by atoms with Gasteiger partial charge in [-0.05, 0) is 73.7 Å². The molecular weight excluding hydrogens is 354 g/mol. The first-order valence-electron chi connectivity index (χ1n) is 9.34. The number of benzene rings is 2. The van der Waals surface area contributed by atoms with E-state index in [0.29, 0.717) is 17.0 Å². The van der Waals surface area contributed by atoms with Crippen LogP contribution in [0.1, 0.15) is 51.1 Å². The zero-order chi connectivity index (χ0) is 19.5. The fraction of sp³-hybridized carbons (Fsp3) is 0.217. The van der Waals surface area contributed by atoms with Crippen molar-refractivity contribution in [3.8, 4) is 5.75 Å². The molecule has 0 saturated carbocycles. The van der Waals surface area contributed by atoms with Crippen LogP contribution in [-0.4, -0.2) is 11.7 Å². The van der Waals surface area contributed by atoms with Gasteiger partial charge in [0, 0.05) is 11.3 Å². The number of aryl methyl sites for hydroxylation is 2. The Hall–Kier alpha value is -3.34. The maximum Gasteiger partial charge on any atom is 0.291 e. The number of hydrogen-bond acceptors (Lipinski definition) is 4. The maximum absolute atomic E-state index is 12.4. The molecule has 28 heavy (non-hydrogen) atoms. The van der Waals surface area contributed by atoms with E-state index in [1.807, 2.05) is 6.07 Å². The number of rotatable bonds is 6. The summed E-state index contributed by atoms with van der Waals surface area (Å²) in [6.45, 7) is 1.74. The molecule has 1 aliphatic rings. The summed E-state index contributed by atoms with van der Waals surface area (Å²) in [6.07, 6.45) is 3.44. The van der Waals surface area contributed by atoms with Crippen LogP contribution in [0.15, 0.2) is 59.0 Å². The van der Waals surface area contributed by atoms with E-state index in [1.165, 1.54) is 24.5 Å². The van der Waals surface area contributed by atoms with E-state index in [0.717, 1.165) is 18.6 Å². The molecule has 0 spiro atoms. The van der Waals surface area contributed by atoms with Crippen LogP contribution in [-0.2, 0) is 19.4 Å². The third-order valence-corrected chi connectivity index (χ3v) is 4.86. The number of nitrogens with one attached hydrogen (secondary N) is 1. The number of carbonyl (C=O) groups is 2. The van der Waals surface area contributed by atoms with Crippen LogP contribution in [0.2, 0.25) is 0 Å². The normalized spacial score (nSPS) is 12.5. The third kappa shape index (κ3) is 3.98. The van der Waals surface area contributed by atoms with E-state index >= 15 is 0 Å². The number of hydrogen-bond donors (Lipinski definition) is 1. The highest BCUT2D eigenvalue weighted by atomic mass is 16.5. The number of furan rings is 1. The first kappa shape index (κ1) is 18.0. The van der Waals surface area contributed by atoms with Crippen LogP contribution in [0.4, 0.5) is 5.69 Å². The summed E-state index contributed by atoms with van der Waals surface area (Å²) in [7, 11) is 0. The quantitative estimate of drug-likeness (QED) is 0.628. The molecule has 5 heteroatoms. The number of Topliss-reactive ketones (excluding diaryl/α,β-unsaturated/α-hetero) is 1. The van der Waals surface area contributed by atoms with Gasteiger partial charge < -0.3 is 14.5 Å². The van der Waals surface area contributed by atoms with Crippen LogP contribution in [0.3, 0.4) is 0 Å². The summed E-state index contributed by atoms with van der Waals surface area (Å²) in [4.78, 5) is 23.8. The average Bonchev–Trinajstić information content (AvgIpc) is 3.35. The highest BCUT2D eigenvalue weighted by Crippen LogP contribution is 2.26.